The third-order valence-corrected chi connectivity index (χ3v) is 7.40. The molecule has 12 heteroatoms. The number of urea groups is 1. The zero-order chi connectivity index (χ0) is 27.0. The van der Waals surface area contributed by atoms with Crippen LogP contribution in [0.4, 0.5) is 13.6 Å². The number of hydrogen-bond donors (Lipinski definition) is 2. The number of rotatable bonds is 9. The molecule has 2 aromatic rings. The van der Waals surface area contributed by atoms with Crippen molar-refractivity contribution in [2.45, 2.75) is 24.6 Å². The van der Waals surface area contributed by atoms with Crippen molar-refractivity contribution >= 4 is 28.8 Å². The van der Waals surface area contributed by atoms with Crippen molar-refractivity contribution in [1.82, 2.24) is 14.8 Å². The Hall–Kier alpha value is -3.69. The molecule has 1 atom stereocenters. The minimum atomic E-state index is -1.10. The number of aliphatic imine (C=N–C) groups is 1. The second kappa shape index (κ2) is 12.5. The Bertz CT molecular complexity index is 1210. The van der Waals surface area contributed by atoms with Crippen molar-refractivity contribution in [2.24, 2.45) is 15.8 Å². The lowest BCUT2D eigenvalue weighted by Crippen LogP contribution is -2.49. The summed E-state index contributed by atoms with van der Waals surface area (Å²) in [6.45, 7) is 2.35. The Balaban J connectivity index is 2.08. The number of likely N-dealkylation sites (N-methyl/N-ethyl adjacent to an activating group) is 1. The maximum absolute atomic E-state index is 14.8. The van der Waals surface area contributed by atoms with Crippen molar-refractivity contribution in [1.29, 1.82) is 5.26 Å². The number of benzene rings is 2. The molecule has 3 N–H and O–H groups in total. The highest BCUT2D eigenvalue weighted by molar-refractivity contribution is 8.15. The number of aliphatic hydroxyl groups is 1. The lowest BCUT2D eigenvalue weighted by molar-refractivity contribution is 0.115. The molecule has 0 radical (unpaired) electrons. The molecule has 0 fully saturated rings. The van der Waals surface area contributed by atoms with E-state index in [0.717, 1.165) is 23.8 Å². The van der Waals surface area contributed by atoms with Gasteiger partial charge in [-0.1, -0.05) is 42.1 Å². The summed E-state index contributed by atoms with van der Waals surface area (Å²) in [5, 5.41) is 24.3. The van der Waals surface area contributed by atoms with Crippen molar-refractivity contribution in [3.05, 3.63) is 71.3 Å². The number of nitrogens with zero attached hydrogens (tertiary/aromatic N) is 6. The molecule has 0 aliphatic carbocycles. The molecular weight excluding hydrogens is 500 g/mol. The van der Waals surface area contributed by atoms with Crippen LogP contribution >= 0.6 is 11.8 Å². The number of hydrazone groups is 1. The number of thioether (sulfide) groups is 1. The lowest BCUT2D eigenvalue weighted by atomic mass is 10.00. The summed E-state index contributed by atoms with van der Waals surface area (Å²) < 4.78 is 28.9. The minimum absolute atomic E-state index is 0.0478. The molecule has 3 rings (SSSR count). The molecule has 1 aliphatic rings. The molecule has 0 bridgehead atoms. The maximum Gasteiger partial charge on any atom is 0.342 e. The highest BCUT2D eigenvalue weighted by Crippen LogP contribution is 2.51. The van der Waals surface area contributed by atoms with E-state index in [9.17, 15) is 18.7 Å². The molecule has 0 aromatic heterocycles. The zero-order valence-electron chi connectivity index (χ0n) is 20.6. The zero-order valence-corrected chi connectivity index (χ0v) is 21.5. The molecule has 37 heavy (non-hydrogen) atoms. The molecule has 0 spiro atoms. The van der Waals surface area contributed by atoms with Crippen LogP contribution in [0.3, 0.4) is 0 Å². The van der Waals surface area contributed by atoms with Crippen molar-refractivity contribution in [3.8, 4) is 6.19 Å². The normalized spacial score (nSPS) is 17.4. The number of halogens is 2. The number of aliphatic hydroxyl groups excluding tert-OH is 1. The van der Waals surface area contributed by atoms with Gasteiger partial charge >= 0.3 is 6.03 Å². The first-order valence-corrected chi connectivity index (χ1v) is 12.5. The third-order valence-electron chi connectivity index (χ3n) is 5.95. The van der Waals surface area contributed by atoms with Crippen LogP contribution in [-0.4, -0.2) is 70.2 Å². The number of hydrogen-bond acceptors (Lipinski definition) is 6. The molecule has 2 aromatic carbocycles. The second-order valence-electron chi connectivity index (χ2n) is 8.27. The van der Waals surface area contributed by atoms with Gasteiger partial charge in [0.15, 0.2) is 0 Å². The molecule has 9 nitrogen and oxygen atoms in total. The average Bonchev–Trinajstić information content (AvgIpc) is 3.29. The molecular formula is C25H29F2N7O2S. The van der Waals surface area contributed by atoms with Gasteiger partial charge in [-0.2, -0.15) is 15.4 Å². The van der Waals surface area contributed by atoms with E-state index in [-0.39, 0.29) is 29.7 Å². The van der Waals surface area contributed by atoms with Gasteiger partial charge in [-0.05, 0) is 43.5 Å². The Morgan fingerprint density at radius 2 is 2.00 bits per heavy atom. The predicted octanol–water partition coefficient (Wildman–Crippen LogP) is 3.47. The summed E-state index contributed by atoms with van der Waals surface area (Å²) in [7, 11) is 1.69. The topological polar surface area (TPSA) is 122 Å². The molecule has 2 amide bonds. The van der Waals surface area contributed by atoms with Crippen LogP contribution in [0.15, 0.2) is 58.6 Å². The number of nitriles is 1. The maximum atomic E-state index is 14.8. The smallest absolute Gasteiger partial charge is 0.342 e. The van der Waals surface area contributed by atoms with E-state index in [4.69, 9.17) is 11.0 Å². The highest BCUT2D eigenvalue weighted by Gasteiger charge is 2.49. The van der Waals surface area contributed by atoms with E-state index in [2.05, 4.69) is 10.1 Å². The molecule has 0 saturated heterocycles. The van der Waals surface area contributed by atoms with Gasteiger partial charge < -0.3 is 20.6 Å². The number of nitrogens with two attached hydrogens (primary N) is 1. The standard InChI is InChI=1S/C25H29F2N7O2S/c1-3-33(14-15-35)24(36)34-25(18-8-5-4-6-9-18,12-7-13-32(2)23(29)30-17-28)37-22(31-34)20-16-19(26)10-11-21(20)27/h4-6,8-11,16,35H,3,7,12-15H2,1-2H3,(H2,29,30). The van der Waals surface area contributed by atoms with E-state index in [1.165, 1.54) is 21.7 Å². The number of carbonyl (C=O) groups excluding carboxylic acids is 1. The Morgan fingerprint density at radius 1 is 1.27 bits per heavy atom. The molecule has 1 heterocycles. The van der Waals surface area contributed by atoms with Gasteiger partial charge in [-0.25, -0.2) is 13.6 Å². The number of guanidine groups is 1. The fourth-order valence-electron chi connectivity index (χ4n) is 3.99. The first-order valence-electron chi connectivity index (χ1n) is 11.7. The molecule has 1 aliphatic heterocycles. The number of amides is 2. The quantitative estimate of drug-likeness (QED) is 0.292. The van der Waals surface area contributed by atoms with Gasteiger partial charge in [0.25, 0.3) is 0 Å². The van der Waals surface area contributed by atoms with Crippen LogP contribution in [0, 0.1) is 23.1 Å². The van der Waals surface area contributed by atoms with Crippen LogP contribution < -0.4 is 5.73 Å². The fraction of sp³-hybridized carbons (Fsp3) is 0.360. The SMILES string of the molecule is CCN(CCO)C(=O)N1N=C(c2cc(F)ccc2F)SC1(CCCN(C)C(N)=NC#N)c1ccccc1. The first-order chi connectivity index (χ1) is 17.8. The van der Waals surface area contributed by atoms with Gasteiger partial charge in [0, 0.05) is 32.2 Å². The van der Waals surface area contributed by atoms with Crippen molar-refractivity contribution in [3.63, 3.8) is 0 Å². The molecule has 196 valence electrons. The van der Waals surface area contributed by atoms with E-state index in [0.29, 0.717) is 25.9 Å². The Kier molecular flexibility index (Phi) is 9.43. The Morgan fingerprint density at radius 3 is 2.65 bits per heavy atom. The Labute approximate surface area is 218 Å². The van der Waals surface area contributed by atoms with Gasteiger partial charge in [-0.3, -0.25) is 0 Å². The average molecular weight is 530 g/mol. The first kappa shape index (κ1) is 27.9. The van der Waals surface area contributed by atoms with E-state index >= 15 is 0 Å². The lowest BCUT2D eigenvalue weighted by Gasteiger charge is -2.38. The largest absolute Gasteiger partial charge is 0.395 e. The van der Waals surface area contributed by atoms with Gasteiger partial charge in [0.1, 0.15) is 21.5 Å². The monoisotopic (exact) mass is 529 g/mol. The summed E-state index contributed by atoms with van der Waals surface area (Å²) >= 11 is 1.17. The van der Waals surface area contributed by atoms with Crippen molar-refractivity contribution in [2.75, 3.05) is 33.3 Å². The van der Waals surface area contributed by atoms with Crippen LogP contribution in [0.1, 0.15) is 30.9 Å². The molecule has 1 unspecified atom stereocenters. The van der Waals surface area contributed by atoms with Crippen molar-refractivity contribution < 1.29 is 18.7 Å². The van der Waals surface area contributed by atoms with E-state index < -0.39 is 22.5 Å². The molecule has 0 saturated carbocycles. The summed E-state index contributed by atoms with van der Waals surface area (Å²) in [5.74, 6) is -1.23. The third kappa shape index (κ3) is 6.18. The van der Waals surface area contributed by atoms with E-state index in [1.807, 2.05) is 30.3 Å². The van der Waals surface area contributed by atoms with Crippen LogP contribution in [0.5, 0.6) is 0 Å². The van der Waals surface area contributed by atoms with Crippen LogP contribution in [0.25, 0.3) is 0 Å². The summed E-state index contributed by atoms with van der Waals surface area (Å²) in [5.41, 5.74) is 6.51. The van der Waals surface area contributed by atoms with E-state index in [1.54, 1.807) is 25.1 Å². The van der Waals surface area contributed by atoms with Crippen LogP contribution in [-0.2, 0) is 4.87 Å². The number of carbonyl (C=O) groups is 1. The van der Waals surface area contributed by atoms with Gasteiger partial charge in [0.05, 0.1) is 6.61 Å². The van der Waals surface area contributed by atoms with Gasteiger partial charge in [-0.15, -0.1) is 4.99 Å². The van der Waals surface area contributed by atoms with Crippen LogP contribution in [0.2, 0.25) is 0 Å². The second-order valence-corrected chi connectivity index (χ2v) is 9.54. The minimum Gasteiger partial charge on any atom is -0.395 e. The highest BCUT2D eigenvalue weighted by atomic mass is 32.2. The van der Waals surface area contributed by atoms with Gasteiger partial charge in [0.2, 0.25) is 12.2 Å². The summed E-state index contributed by atoms with van der Waals surface area (Å²) in [4.78, 5) is 19.2. The summed E-state index contributed by atoms with van der Waals surface area (Å²) in [6, 6.07) is 11.8. The fourth-order valence-corrected chi connectivity index (χ4v) is 5.41. The summed E-state index contributed by atoms with van der Waals surface area (Å²) in [6.07, 6.45) is 2.50. The predicted molar refractivity (Wildman–Crippen MR) is 139 cm³/mol.